The quantitative estimate of drug-likeness (QED) is 0.0352. The van der Waals surface area contributed by atoms with Gasteiger partial charge in [0.15, 0.2) is 6.10 Å². The van der Waals surface area contributed by atoms with Crippen LogP contribution in [-0.2, 0) is 23.8 Å². The fraction of sp³-hybridized carbons (Fsp3) is 0.878. The van der Waals surface area contributed by atoms with Gasteiger partial charge in [0.2, 0.25) is 0 Å². The second-order valence-electron chi connectivity index (χ2n) is 16.0. The van der Waals surface area contributed by atoms with Crippen molar-refractivity contribution in [3.8, 4) is 0 Å². The first-order valence-electron chi connectivity index (χ1n) is 23.9. The van der Waals surface area contributed by atoms with Gasteiger partial charge in [-0.2, -0.15) is 0 Å². The number of ether oxygens (including phenoxy) is 3. The number of hydrogen-bond donors (Lipinski definition) is 0. The number of carbonyl (C=O) groups excluding carboxylic acids is 2. The largest absolute Gasteiger partial charge is 0.462 e. The lowest BCUT2D eigenvalue weighted by molar-refractivity contribution is -0.163. The SMILES string of the molecule is CCCCCCCC/C=C\CCCCCCCCCC(=O)OCC(COCCCCCCCC)OC(=O)CCCCCCC/C=C\CCCCCCCC. The summed E-state index contributed by atoms with van der Waals surface area (Å²) in [4.78, 5) is 25.2. The van der Waals surface area contributed by atoms with E-state index in [0.717, 1.165) is 51.4 Å². The average molecular weight is 761 g/mol. The molecule has 318 valence electrons. The molecule has 1 unspecified atom stereocenters. The van der Waals surface area contributed by atoms with Crippen LogP contribution in [0, 0.1) is 0 Å². The first-order chi connectivity index (χ1) is 26.6. The van der Waals surface area contributed by atoms with Crippen molar-refractivity contribution in [2.75, 3.05) is 19.8 Å². The van der Waals surface area contributed by atoms with Gasteiger partial charge < -0.3 is 14.2 Å². The third-order valence-corrected chi connectivity index (χ3v) is 10.5. The Morgan fingerprint density at radius 2 is 0.722 bits per heavy atom. The smallest absolute Gasteiger partial charge is 0.306 e. The van der Waals surface area contributed by atoms with Crippen LogP contribution in [0.15, 0.2) is 24.3 Å². The van der Waals surface area contributed by atoms with E-state index in [1.807, 2.05) is 0 Å². The number of allylic oxidation sites excluding steroid dienone is 4. The molecule has 0 aromatic carbocycles. The normalized spacial score (nSPS) is 12.3. The zero-order valence-electron chi connectivity index (χ0n) is 36.5. The minimum Gasteiger partial charge on any atom is -0.462 e. The Morgan fingerprint density at radius 1 is 0.389 bits per heavy atom. The van der Waals surface area contributed by atoms with Crippen LogP contribution in [-0.4, -0.2) is 37.9 Å². The van der Waals surface area contributed by atoms with Gasteiger partial charge in [0.25, 0.3) is 0 Å². The summed E-state index contributed by atoms with van der Waals surface area (Å²) in [5, 5.41) is 0. The van der Waals surface area contributed by atoms with E-state index in [9.17, 15) is 9.59 Å². The van der Waals surface area contributed by atoms with Crippen LogP contribution in [0.25, 0.3) is 0 Å². The molecule has 0 heterocycles. The van der Waals surface area contributed by atoms with Gasteiger partial charge in [0.1, 0.15) is 6.61 Å². The summed E-state index contributed by atoms with van der Waals surface area (Å²) in [6.45, 7) is 7.80. The lowest BCUT2D eigenvalue weighted by Crippen LogP contribution is -2.30. The Hall–Kier alpha value is -1.62. The maximum atomic E-state index is 12.7. The lowest BCUT2D eigenvalue weighted by Gasteiger charge is -2.18. The summed E-state index contributed by atoms with van der Waals surface area (Å²) in [6.07, 6.45) is 51.9. The molecule has 0 aromatic rings. The summed E-state index contributed by atoms with van der Waals surface area (Å²) < 4.78 is 17.2. The average Bonchev–Trinajstić information content (AvgIpc) is 3.17. The Balaban J connectivity index is 4.09. The molecule has 5 nitrogen and oxygen atoms in total. The molecule has 0 N–H and O–H groups in total. The standard InChI is InChI=1S/C49H92O5/c1-4-7-10-13-16-18-20-22-24-25-27-28-30-32-34-36-39-42-48(50)53-46-47(45-52-44-41-38-15-12-9-6-3)54-49(51)43-40-37-35-33-31-29-26-23-21-19-17-14-11-8-5-2/h22-24,26,47H,4-21,25,27-46H2,1-3H3/b24-22-,26-23-. The van der Waals surface area contributed by atoms with Crippen molar-refractivity contribution in [1.29, 1.82) is 0 Å². The van der Waals surface area contributed by atoms with Crippen LogP contribution in [0.5, 0.6) is 0 Å². The molecule has 0 aromatic heterocycles. The van der Waals surface area contributed by atoms with Gasteiger partial charge in [0.05, 0.1) is 6.61 Å². The van der Waals surface area contributed by atoms with Crippen molar-refractivity contribution in [1.82, 2.24) is 0 Å². The molecule has 5 heteroatoms. The predicted octanol–water partition coefficient (Wildman–Crippen LogP) is 15.7. The van der Waals surface area contributed by atoms with Gasteiger partial charge in [-0.3, -0.25) is 9.59 Å². The van der Waals surface area contributed by atoms with Crippen LogP contribution < -0.4 is 0 Å². The minimum absolute atomic E-state index is 0.0842. The predicted molar refractivity (Wildman–Crippen MR) is 233 cm³/mol. The highest BCUT2D eigenvalue weighted by atomic mass is 16.6. The molecule has 0 amide bonds. The first-order valence-corrected chi connectivity index (χ1v) is 23.9. The molecule has 0 radical (unpaired) electrons. The number of rotatable bonds is 44. The highest BCUT2D eigenvalue weighted by Crippen LogP contribution is 2.14. The Morgan fingerprint density at radius 3 is 1.13 bits per heavy atom. The molecule has 0 saturated carbocycles. The molecular formula is C49H92O5. The number of esters is 2. The summed E-state index contributed by atoms with van der Waals surface area (Å²) in [7, 11) is 0. The second-order valence-corrected chi connectivity index (χ2v) is 16.0. The van der Waals surface area contributed by atoms with Crippen molar-refractivity contribution >= 4 is 11.9 Å². The molecule has 0 bridgehead atoms. The zero-order valence-corrected chi connectivity index (χ0v) is 36.5. The number of hydrogen-bond acceptors (Lipinski definition) is 5. The van der Waals surface area contributed by atoms with E-state index in [-0.39, 0.29) is 25.2 Å². The van der Waals surface area contributed by atoms with Crippen LogP contribution in [0.1, 0.15) is 252 Å². The molecule has 0 aliphatic heterocycles. The fourth-order valence-corrected chi connectivity index (χ4v) is 6.85. The number of carbonyl (C=O) groups is 2. The van der Waals surface area contributed by atoms with Crippen molar-refractivity contribution in [2.45, 2.75) is 258 Å². The van der Waals surface area contributed by atoms with Gasteiger partial charge in [0, 0.05) is 19.4 Å². The molecule has 0 spiro atoms. The molecule has 0 rings (SSSR count). The van der Waals surface area contributed by atoms with Crippen LogP contribution in [0.3, 0.4) is 0 Å². The maximum Gasteiger partial charge on any atom is 0.306 e. The fourth-order valence-electron chi connectivity index (χ4n) is 6.85. The molecular weight excluding hydrogens is 669 g/mol. The second kappa shape index (κ2) is 45.8. The van der Waals surface area contributed by atoms with Crippen molar-refractivity contribution in [3.63, 3.8) is 0 Å². The highest BCUT2D eigenvalue weighted by molar-refractivity contribution is 5.70. The molecule has 0 aliphatic carbocycles. The van der Waals surface area contributed by atoms with E-state index in [2.05, 4.69) is 45.1 Å². The molecule has 54 heavy (non-hydrogen) atoms. The van der Waals surface area contributed by atoms with Gasteiger partial charge >= 0.3 is 11.9 Å². The van der Waals surface area contributed by atoms with Crippen molar-refractivity contribution in [3.05, 3.63) is 24.3 Å². The number of unbranched alkanes of at least 4 members (excludes halogenated alkanes) is 29. The van der Waals surface area contributed by atoms with E-state index in [4.69, 9.17) is 14.2 Å². The van der Waals surface area contributed by atoms with E-state index >= 15 is 0 Å². The van der Waals surface area contributed by atoms with E-state index in [0.29, 0.717) is 19.4 Å². The molecule has 0 fully saturated rings. The van der Waals surface area contributed by atoms with Crippen LogP contribution in [0.4, 0.5) is 0 Å². The van der Waals surface area contributed by atoms with E-state index in [1.165, 1.54) is 167 Å². The third-order valence-electron chi connectivity index (χ3n) is 10.5. The minimum atomic E-state index is -0.532. The Labute approximate surface area is 337 Å². The van der Waals surface area contributed by atoms with Crippen LogP contribution >= 0.6 is 0 Å². The zero-order chi connectivity index (χ0) is 39.3. The molecule has 0 aliphatic rings. The van der Waals surface area contributed by atoms with Crippen LogP contribution in [0.2, 0.25) is 0 Å². The van der Waals surface area contributed by atoms with Crippen molar-refractivity contribution < 1.29 is 23.8 Å². The topological polar surface area (TPSA) is 61.8 Å². The monoisotopic (exact) mass is 761 g/mol. The van der Waals surface area contributed by atoms with Crippen molar-refractivity contribution in [2.24, 2.45) is 0 Å². The summed E-state index contributed by atoms with van der Waals surface area (Å²) in [6, 6.07) is 0. The lowest BCUT2D eigenvalue weighted by atomic mass is 10.1. The Bertz CT molecular complexity index is 821. The van der Waals surface area contributed by atoms with Gasteiger partial charge in [-0.1, -0.05) is 193 Å². The molecule has 1 atom stereocenters. The highest BCUT2D eigenvalue weighted by Gasteiger charge is 2.17. The summed E-state index contributed by atoms with van der Waals surface area (Å²) >= 11 is 0. The maximum absolute atomic E-state index is 12.7. The van der Waals surface area contributed by atoms with E-state index < -0.39 is 6.10 Å². The van der Waals surface area contributed by atoms with Gasteiger partial charge in [-0.15, -0.1) is 0 Å². The van der Waals surface area contributed by atoms with Gasteiger partial charge in [-0.25, -0.2) is 0 Å². The first kappa shape index (κ1) is 52.4. The molecule has 0 saturated heterocycles. The van der Waals surface area contributed by atoms with E-state index in [1.54, 1.807) is 0 Å². The van der Waals surface area contributed by atoms with Gasteiger partial charge in [-0.05, 0) is 70.6 Å². The summed E-state index contributed by atoms with van der Waals surface area (Å²) in [5.41, 5.74) is 0. The Kier molecular flexibility index (Phi) is 44.4. The summed E-state index contributed by atoms with van der Waals surface area (Å²) in [5.74, 6) is -0.405. The third kappa shape index (κ3) is 43.1.